The van der Waals surface area contributed by atoms with Gasteiger partial charge in [-0.1, -0.05) is 23.4 Å². The van der Waals surface area contributed by atoms with Gasteiger partial charge in [-0.3, -0.25) is 0 Å². The number of nitrogens with zero attached hydrogens (tertiary/aromatic N) is 3. The first-order chi connectivity index (χ1) is 9.25. The molecular formula is C13H15N5O. The van der Waals surface area contributed by atoms with Crippen LogP contribution in [-0.2, 0) is 6.54 Å². The van der Waals surface area contributed by atoms with Crippen LogP contribution in [0.4, 0.5) is 0 Å². The molecule has 6 nitrogen and oxygen atoms in total. The summed E-state index contributed by atoms with van der Waals surface area (Å²) in [6.07, 6.45) is 0. The molecule has 0 aliphatic rings. The third kappa shape index (κ3) is 2.22. The highest BCUT2D eigenvalue weighted by molar-refractivity contribution is 5.82. The summed E-state index contributed by atoms with van der Waals surface area (Å²) in [6, 6.07) is 8.08. The number of furan rings is 1. The summed E-state index contributed by atoms with van der Waals surface area (Å²) in [7, 11) is 0. The maximum Gasteiger partial charge on any atom is 0.191 e. The number of aryl methyl sites for hydroxylation is 1. The van der Waals surface area contributed by atoms with E-state index in [0.717, 1.165) is 16.7 Å². The highest BCUT2D eigenvalue weighted by atomic mass is 16.3. The smallest absolute Gasteiger partial charge is 0.191 e. The Hall–Kier alpha value is -2.21. The van der Waals surface area contributed by atoms with Crippen molar-refractivity contribution in [2.24, 2.45) is 0 Å². The first kappa shape index (κ1) is 11.9. The zero-order valence-electron chi connectivity index (χ0n) is 10.8. The van der Waals surface area contributed by atoms with Crippen molar-refractivity contribution in [1.29, 1.82) is 0 Å². The summed E-state index contributed by atoms with van der Waals surface area (Å²) in [5, 5.41) is 18.5. The van der Waals surface area contributed by atoms with Crippen molar-refractivity contribution in [3.05, 3.63) is 41.4 Å². The van der Waals surface area contributed by atoms with Crippen molar-refractivity contribution in [3.63, 3.8) is 0 Å². The lowest BCUT2D eigenvalue weighted by Crippen LogP contribution is -2.19. The molecule has 0 spiro atoms. The number of rotatable bonds is 4. The number of fused-ring (bicyclic) bond motifs is 1. The molecule has 0 amide bonds. The Morgan fingerprint density at radius 3 is 3.00 bits per heavy atom. The lowest BCUT2D eigenvalue weighted by atomic mass is 10.1. The molecule has 3 aromatic rings. The molecule has 2 aromatic heterocycles. The fourth-order valence-electron chi connectivity index (χ4n) is 2.14. The van der Waals surface area contributed by atoms with Gasteiger partial charge in [-0.25, -0.2) is 0 Å². The minimum Gasteiger partial charge on any atom is -0.461 e. The van der Waals surface area contributed by atoms with Gasteiger partial charge in [0, 0.05) is 17.5 Å². The van der Waals surface area contributed by atoms with Crippen molar-refractivity contribution >= 4 is 11.0 Å². The molecule has 3 rings (SSSR count). The highest BCUT2D eigenvalue weighted by Crippen LogP contribution is 2.25. The van der Waals surface area contributed by atoms with Gasteiger partial charge >= 0.3 is 0 Å². The molecule has 0 fully saturated rings. The van der Waals surface area contributed by atoms with Crippen LogP contribution in [-0.4, -0.2) is 20.6 Å². The van der Waals surface area contributed by atoms with E-state index in [-0.39, 0.29) is 6.04 Å². The predicted molar refractivity (Wildman–Crippen MR) is 70.4 cm³/mol. The van der Waals surface area contributed by atoms with Gasteiger partial charge < -0.3 is 9.73 Å². The minimum atomic E-state index is 0.0341. The average Bonchev–Trinajstić information content (AvgIpc) is 3.03. The number of nitrogens with one attached hydrogen (secondary N) is 2. The number of H-pyrrole nitrogens is 1. The van der Waals surface area contributed by atoms with E-state index in [1.807, 2.05) is 32.0 Å². The fraction of sp³-hybridized carbons (Fsp3) is 0.308. The Kier molecular flexibility index (Phi) is 3.00. The van der Waals surface area contributed by atoms with E-state index < -0.39 is 0 Å². The molecule has 0 saturated carbocycles. The Bertz CT molecular complexity index is 673. The van der Waals surface area contributed by atoms with Gasteiger partial charge in [0.15, 0.2) is 5.82 Å². The lowest BCUT2D eigenvalue weighted by Gasteiger charge is -2.09. The number of hydrogen-bond donors (Lipinski definition) is 2. The van der Waals surface area contributed by atoms with Crippen molar-refractivity contribution in [3.8, 4) is 0 Å². The lowest BCUT2D eigenvalue weighted by molar-refractivity contribution is 0.529. The molecule has 0 aliphatic carbocycles. The standard InChI is InChI=1S/C13H15N5O/c1-8(13-15-17-18-16-13)14-7-11-9(2)19-12-6-4-3-5-10(11)12/h3-6,8,14H,7H2,1-2H3,(H,15,16,17,18). The molecule has 0 aliphatic heterocycles. The maximum atomic E-state index is 5.73. The van der Waals surface area contributed by atoms with Gasteiger partial charge in [0.1, 0.15) is 11.3 Å². The molecule has 2 heterocycles. The molecule has 2 N–H and O–H groups in total. The summed E-state index contributed by atoms with van der Waals surface area (Å²) >= 11 is 0. The molecule has 6 heteroatoms. The number of aromatic nitrogens is 4. The van der Waals surface area contributed by atoms with Gasteiger partial charge in [0.25, 0.3) is 0 Å². The number of benzene rings is 1. The SMILES string of the molecule is Cc1oc2ccccc2c1CNC(C)c1nn[nH]n1. The van der Waals surface area contributed by atoms with Crippen LogP contribution in [0.2, 0.25) is 0 Å². The molecule has 1 aromatic carbocycles. The van der Waals surface area contributed by atoms with E-state index in [1.165, 1.54) is 5.56 Å². The molecule has 1 unspecified atom stereocenters. The van der Waals surface area contributed by atoms with Crippen molar-refractivity contribution in [2.45, 2.75) is 26.4 Å². The van der Waals surface area contributed by atoms with E-state index in [9.17, 15) is 0 Å². The summed E-state index contributed by atoms with van der Waals surface area (Å²) in [4.78, 5) is 0. The van der Waals surface area contributed by atoms with Gasteiger partial charge in [-0.05, 0) is 19.9 Å². The maximum absolute atomic E-state index is 5.73. The van der Waals surface area contributed by atoms with Gasteiger partial charge in [-0.2, -0.15) is 5.21 Å². The summed E-state index contributed by atoms with van der Waals surface area (Å²) in [5.41, 5.74) is 2.09. The second-order valence-electron chi connectivity index (χ2n) is 4.51. The topological polar surface area (TPSA) is 79.6 Å². The second kappa shape index (κ2) is 4.81. The Labute approximate surface area is 110 Å². The molecule has 1 atom stereocenters. The summed E-state index contributed by atoms with van der Waals surface area (Å²) in [5.74, 6) is 1.60. The normalized spacial score (nSPS) is 12.9. The van der Waals surface area contributed by atoms with Crippen LogP contribution in [0.3, 0.4) is 0 Å². The van der Waals surface area contributed by atoms with E-state index in [0.29, 0.717) is 12.4 Å². The first-order valence-corrected chi connectivity index (χ1v) is 6.19. The van der Waals surface area contributed by atoms with Crippen LogP contribution in [0, 0.1) is 6.92 Å². The Balaban J connectivity index is 1.80. The van der Waals surface area contributed by atoms with Crippen LogP contribution in [0.15, 0.2) is 28.7 Å². The van der Waals surface area contributed by atoms with E-state index in [4.69, 9.17) is 4.42 Å². The fourth-order valence-corrected chi connectivity index (χ4v) is 2.14. The van der Waals surface area contributed by atoms with Crippen LogP contribution >= 0.6 is 0 Å². The second-order valence-corrected chi connectivity index (χ2v) is 4.51. The predicted octanol–water partition coefficient (Wildman–Crippen LogP) is 2.11. The van der Waals surface area contributed by atoms with Gasteiger partial charge in [-0.15, -0.1) is 10.2 Å². The number of tetrazole rings is 1. The van der Waals surface area contributed by atoms with E-state index in [2.05, 4.69) is 32.0 Å². The van der Waals surface area contributed by atoms with Crippen molar-refractivity contribution < 1.29 is 4.42 Å². The summed E-state index contributed by atoms with van der Waals surface area (Å²) in [6.45, 7) is 4.69. The summed E-state index contributed by atoms with van der Waals surface area (Å²) < 4.78 is 5.73. The van der Waals surface area contributed by atoms with Crippen LogP contribution in [0.25, 0.3) is 11.0 Å². The molecule has 0 bridgehead atoms. The van der Waals surface area contributed by atoms with Crippen molar-refractivity contribution in [1.82, 2.24) is 25.9 Å². The monoisotopic (exact) mass is 257 g/mol. The zero-order chi connectivity index (χ0) is 13.2. The van der Waals surface area contributed by atoms with Crippen LogP contribution < -0.4 is 5.32 Å². The molecule has 0 radical (unpaired) electrons. The van der Waals surface area contributed by atoms with E-state index >= 15 is 0 Å². The quantitative estimate of drug-likeness (QED) is 0.748. The first-order valence-electron chi connectivity index (χ1n) is 6.19. The average molecular weight is 257 g/mol. The Morgan fingerprint density at radius 2 is 2.21 bits per heavy atom. The highest BCUT2D eigenvalue weighted by Gasteiger charge is 2.13. The molecule has 98 valence electrons. The zero-order valence-corrected chi connectivity index (χ0v) is 10.8. The van der Waals surface area contributed by atoms with Gasteiger partial charge in [0.2, 0.25) is 0 Å². The third-order valence-corrected chi connectivity index (χ3v) is 3.23. The third-order valence-electron chi connectivity index (χ3n) is 3.23. The molecular weight excluding hydrogens is 242 g/mol. The van der Waals surface area contributed by atoms with Gasteiger partial charge in [0.05, 0.1) is 6.04 Å². The minimum absolute atomic E-state index is 0.0341. The number of hydrogen-bond acceptors (Lipinski definition) is 5. The van der Waals surface area contributed by atoms with Crippen molar-refractivity contribution in [2.75, 3.05) is 0 Å². The van der Waals surface area contributed by atoms with Crippen LogP contribution in [0.1, 0.15) is 30.1 Å². The number of para-hydroxylation sites is 1. The van der Waals surface area contributed by atoms with Crippen LogP contribution in [0.5, 0.6) is 0 Å². The largest absolute Gasteiger partial charge is 0.461 e. The molecule has 19 heavy (non-hydrogen) atoms. The Morgan fingerprint density at radius 1 is 1.37 bits per heavy atom. The number of aromatic amines is 1. The molecule has 0 saturated heterocycles. The van der Waals surface area contributed by atoms with E-state index in [1.54, 1.807) is 0 Å².